The molecule has 0 aliphatic heterocycles. The topological polar surface area (TPSA) is 50.3 Å². The highest BCUT2D eigenvalue weighted by molar-refractivity contribution is 7.90. The molecule has 0 fully saturated rings. The van der Waals surface area contributed by atoms with Crippen LogP contribution in [0.2, 0.25) is 0 Å². The summed E-state index contributed by atoms with van der Waals surface area (Å²) < 4.78 is 35.0. The van der Waals surface area contributed by atoms with Gasteiger partial charge in [-0.05, 0) is 6.07 Å². The van der Waals surface area contributed by atoms with Crippen LogP contribution in [0, 0.1) is 5.82 Å². The van der Waals surface area contributed by atoms with Gasteiger partial charge in [-0.2, -0.15) is 0 Å². The molecule has 0 aliphatic carbocycles. The van der Waals surface area contributed by atoms with E-state index in [9.17, 15) is 12.8 Å². The van der Waals surface area contributed by atoms with Gasteiger partial charge in [-0.15, -0.1) is 11.6 Å². The minimum Gasteiger partial charge on any atom is -0.358 e. The number of alkyl halides is 1. The third-order valence-corrected chi connectivity index (χ3v) is 3.42. The molecule has 4 nitrogen and oxygen atoms in total. The Labute approximate surface area is 105 Å². The highest BCUT2D eigenvalue weighted by atomic mass is 35.5. The van der Waals surface area contributed by atoms with Gasteiger partial charge < -0.3 is 4.90 Å². The van der Waals surface area contributed by atoms with E-state index in [1.54, 1.807) is 11.9 Å². The Balaban J connectivity index is 2.85. The molecule has 0 spiro atoms. The van der Waals surface area contributed by atoms with Gasteiger partial charge in [0.05, 0.1) is 17.8 Å². The van der Waals surface area contributed by atoms with E-state index in [1.807, 2.05) is 0 Å². The first-order valence-electron chi connectivity index (χ1n) is 4.92. The zero-order valence-corrected chi connectivity index (χ0v) is 11.2. The summed E-state index contributed by atoms with van der Waals surface area (Å²) in [6.07, 6.45) is 2.25. The molecule has 0 amide bonds. The Morgan fingerprint density at radius 1 is 1.53 bits per heavy atom. The number of hydrogen-bond donors (Lipinski definition) is 0. The van der Waals surface area contributed by atoms with Crippen LogP contribution in [0.15, 0.2) is 12.3 Å². The smallest absolute Gasteiger partial charge is 0.149 e. The lowest BCUT2D eigenvalue weighted by atomic mass is 10.2. The lowest BCUT2D eigenvalue weighted by molar-refractivity contribution is 0.600. The Morgan fingerprint density at radius 3 is 2.71 bits per heavy atom. The molecule has 17 heavy (non-hydrogen) atoms. The van der Waals surface area contributed by atoms with Crippen molar-refractivity contribution in [3.63, 3.8) is 0 Å². The highest BCUT2D eigenvalue weighted by Gasteiger charge is 2.12. The number of sulfone groups is 1. The summed E-state index contributed by atoms with van der Waals surface area (Å²) in [4.78, 5) is 5.57. The van der Waals surface area contributed by atoms with Crippen molar-refractivity contribution in [2.24, 2.45) is 0 Å². The predicted octanol–water partition coefficient (Wildman–Crippen LogP) is 1.44. The third-order valence-electron chi connectivity index (χ3n) is 2.21. The Bertz CT molecular complexity index is 493. The molecule has 7 heteroatoms. The molecular weight excluding hydrogens is 267 g/mol. The molecule has 0 aromatic carbocycles. The predicted molar refractivity (Wildman–Crippen MR) is 66.7 cm³/mol. The zero-order valence-electron chi connectivity index (χ0n) is 9.65. The Kier molecular flexibility index (Phi) is 4.70. The van der Waals surface area contributed by atoms with E-state index in [-0.39, 0.29) is 11.6 Å². The second-order valence-electron chi connectivity index (χ2n) is 3.82. The van der Waals surface area contributed by atoms with Gasteiger partial charge in [0.15, 0.2) is 0 Å². The summed E-state index contributed by atoms with van der Waals surface area (Å²) in [6.45, 7) is 0.293. The van der Waals surface area contributed by atoms with Gasteiger partial charge in [-0.1, -0.05) is 0 Å². The molecule has 0 bridgehead atoms. The average molecular weight is 281 g/mol. The van der Waals surface area contributed by atoms with Crippen molar-refractivity contribution in [2.45, 2.75) is 5.88 Å². The quantitative estimate of drug-likeness (QED) is 0.766. The van der Waals surface area contributed by atoms with Crippen molar-refractivity contribution in [1.29, 1.82) is 0 Å². The van der Waals surface area contributed by atoms with Crippen molar-refractivity contribution in [2.75, 3.05) is 30.5 Å². The normalized spacial score (nSPS) is 11.5. The number of rotatable bonds is 5. The molecule has 0 aliphatic rings. The van der Waals surface area contributed by atoms with E-state index in [1.165, 1.54) is 12.3 Å². The minimum absolute atomic E-state index is 0.0181. The van der Waals surface area contributed by atoms with Gasteiger partial charge in [0, 0.05) is 25.4 Å². The lowest BCUT2D eigenvalue weighted by Crippen LogP contribution is -2.26. The molecule has 1 aromatic rings. The summed E-state index contributed by atoms with van der Waals surface area (Å²) in [5.41, 5.74) is 0.544. The van der Waals surface area contributed by atoms with Crippen LogP contribution >= 0.6 is 11.6 Å². The van der Waals surface area contributed by atoms with Gasteiger partial charge in [-0.3, -0.25) is 0 Å². The van der Waals surface area contributed by atoms with Crippen molar-refractivity contribution >= 4 is 27.3 Å². The summed E-state index contributed by atoms with van der Waals surface area (Å²) >= 11 is 5.69. The van der Waals surface area contributed by atoms with Gasteiger partial charge >= 0.3 is 0 Å². The summed E-state index contributed by atoms with van der Waals surface area (Å²) in [6, 6.07) is 1.30. The van der Waals surface area contributed by atoms with Crippen molar-refractivity contribution in [1.82, 2.24) is 4.98 Å². The number of anilines is 1. The van der Waals surface area contributed by atoms with Crippen LogP contribution in [-0.4, -0.2) is 39.0 Å². The second-order valence-corrected chi connectivity index (χ2v) is 6.35. The minimum atomic E-state index is -3.03. The van der Waals surface area contributed by atoms with E-state index in [2.05, 4.69) is 4.98 Å². The third kappa shape index (κ3) is 4.47. The van der Waals surface area contributed by atoms with Gasteiger partial charge in [-0.25, -0.2) is 17.8 Å². The fourth-order valence-corrected chi connectivity index (χ4v) is 2.13. The standard InChI is InChI=1S/C10H14ClFN2O2S/c1-14(3-4-17(2,15)16)10-8(6-11)5-9(12)7-13-10/h5,7H,3-4,6H2,1-2H3. The molecule has 1 rings (SSSR count). The number of hydrogen-bond acceptors (Lipinski definition) is 4. The molecule has 1 aromatic heterocycles. The van der Waals surface area contributed by atoms with Gasteiger partial charge in [0.2, 0.25) is 0 Å². The number of halogens is 2. The molecule has 0 N–H and O–H groups in total. The van der Waals surface area contributed by atoms with Crippen LogP contribution in [0.5, 0.6) is 0 Å². The molecule has 0 saturated carbocycles. The number of nitrogens with zero attached hydrogens (tertiary/aromatic N) is 2. The largest absolute Gasteiger partial charge is 0.358 e. The van der Waals surface area contributed by atoms with E-state index in [0.29, 0.717) is 17.9 Å². The van der Waals surface area contributed by atoms with Crippen molar-refractivity contribution in [3.8, 4) is 0 Å². The fourth-order valence-electron chi connectivity index (χ4n) is 1.32. The molecule has 0 saturated heterocycles. The first kappa shape index (κ1) is 14.2. The first-order valence-corrected chi connectivity index (χ1v) is 7.52. The van der Waals surface area contributed by atoms with E-state index in [0.717, 1.165) is 6.20 Å². The van der Waals surface area contributed by atoms with Crippen LogP contribution in [0.1, 0.15) is 5.56 Å². The highest BCUT2D eigenvalue weighted by Crippen LogP contribution is 2.19. The molecule has 96 valence electrons. The average Bonchev–Trinajstić information content (AvgIpc) is 2.24. The van der Waals surface area contributed by atoms with Crippen LogP contribution < -0.4 is 4.90 Å². The second kappa shape index (κ2) is 5.64. The SMILES string of the molecule is CN(CCS(C)(=O)=O)c1ncc(F)cc1CCl. The number of pyridine rings is 1. The molecule has 0 unspecified atom stereocenters. The van der Waals surface area contributed by atoms with Crippen LogP contribution in [-0.2, 0) is 15.7 Å². The van der Waals surface area contributed by atoms with Gasteiger partial charge in [0.1, 0.15) is 21.5 Å². The monoisotopic (exact) mass is 280 g/mol. The zero-order chi connectivity index (χ0) is 13.1. The Hall–Kier alpha value is -0.880. The maximum atomic E-state index is 12.9. The van der Waals surface area contributed by atoms with Crippen LogP contribution in [0.3, 0.4) is 0 Å². The van der Waals surface area contributed by atoms with E-state index >= 15 is 0 Å². The maximum Gasteiger partial charge on any atom is 0.149 e. The molecule has 0 radical (unpaired) electrons. The molecular formula is C10H14ClFN2O2S. The van der Waals surface area contributed by atoms with Crippen LogP contribution in [0.25, 0.3) is 0 Å². The Morgan fingerprint density at radius 2 is 2.18 bits per heavy atom. The van der Waals surface area contributed by atoms with E-state index in [4.69, 9.17) is 11.6 Å². The van der Waals surface area contributed by atoms with Crippen LogP contribution in [0.4, 0.5) is 10.2 Å². The first-order chi connectivity index (χ1) is 7.83. The van der Waals surface area contributed by atoms with Crippen molar-refractivity contribution in [3.05, 3.63) is 23.6 Å². The molecule has 0 atom stereocenters. The van der Waals surface area contributed by atoms with Gasteiger partial charge in [0.25, 0.3) is 0 Å². The fraction of sp³-hybridized carbons (Fsp3) is 0.500. The molecule has 1 heterocycles. The summed E-state index contributed by atoms with van der Waals surface area (Å²) in [5, 5.41) is 0. The summed E-state index contributed by atoms with van der Waals surface area (Å²) in [5.74, 6) is 0.194. The maximum absolute atomic E-state index is 12.9. The summed E-state index contributed by atoms with van der Waals surface area (Å²) in [7, 11) is -1.34. The van der Waals surface area contributed by atoms with Crippen molar-refractivity contribution < 1.29 is 12.8 Å². The number of aromatic nitrogens is 1. The lowest BCUT2D eigenvalue weighted by Gasteiger charge is -2.19. The van der Waals surface area contributed by atoms with E-state index < -0.39 is 15.7 Å².